The Morgan fingerprint density at radius 1 is 1.07 bits per heavy atom. The van der Waals surface area contributed by atoms with Crippen molar-refractivity contribution in [2.75, 3.05) is 24.5 Å². The van der Waals surface area contributed by atoms with Gasteiger partial charge in [-0.3, -0.25) is 5.41 Å². The second-order valence-corrected chi connectivity index (χ2v) is 7.21. The fourth-order valence-electron chi connectivity index (χ4n) is 3.10. The Balaban J connectivity index is 1.62. The second-order valence-electron chi connectivity index (χ2n) is 6.77. The topological polar surface area (TPSA) is 97.9 Å². The number of hydrogen-bond acceptors (Lipinski definition) is 4. The van der Waals surface area contributed by atoms with Crippen molar-refractivity contribution in [2.24, 2.45) is 5.73 Å². The third kappa shape index (κ3) is 6.50. The normalized spacial score (nSPS) is 10.7. The largest absolute Gasteiger partial charge is 0.370 e. The van der Waals surface area contributed by atoms with Crippen molar-refractivity contribution in [3.63, 3.8) is 0 Å². The first kappa shape index (κ1) is 20.7. The van der Waals surface area contributed by atoms with Crippen molar-refractivity contribution in [2.45, 2.75) is 19.4 Å². The van der Waals surface area contributed by atoms with Gasteiger partial charge in [-0.2, -0.15) is 0 Å². The number of nitrogens with zero attached hydrogens (tertiary/aromatic N) is 4. The van der Waals surface area contributed by atoms with Gasteiger partial charge in [-0.15, -0.1) is 0 Å². The Morgan fingerprint density at radius 3 is 2.55 bits per heavy atom. The highest BCUT2D eigenvalue weighted by atomic mass is 35.5. The number of hydrogen-bond donors (Lipinski definition) is 3. The van der Waals surface area contributed by atoms with E-state index >= 15 is 0 Å². The quantitative estimate of drug-likeness (QED) is 0.351. The zero-order valence-electron chi connectivity index (χ0n) is 16.3. The van der Waals surface area contributed by atoms with E-state index in [9.17, 15) is 0 Å². The summed E-state index contributed by atoms with van der Waals surface area (Å²) in [6.07, 6.45) is 7.09. The number of guanidine groups is 1. The summed E-state index contributed by atoms with van der Waals surface area (Å²) in [4.78, 5) is 15.8. The maximum Gasteiger partial charge on any atom is 0.188 e. The predicted molar refractivity (Wildman–Crippen MR) is 117 cm³/mol. The van der Waals surface area contributed by atoms with Crippen molar-refractivity contribution in [1.82, 2.24) is 19.9 Å². The third-order valence-corrected chi connectivity index (χ3v) is 4.91. The number of nitrogens with one attached hydrogen (secondary N) is 2. The van der Waals surface area contributed by atoms with Crippen LogP contribution in [-0.4, -0.2) is 45.4 Å². The van der Waals surface area contributed by atoms with E-state index < -0.39 is 0 Å². The fourth-order valence-corrected chi connectivity index (χ4v) is 3.22. The first-order valence-corrected chi connectivity index (χ1v) is 9.96. The van der Waals surface area contributed by atoms with Gasteiger partial charge >= 0.3 is 0 Å². The molecule has 0 unspecified atom stereocenters. The van der Waals surface area contributed by atoms with Crippen molar-refractivity contribution >= 4 is 23.4 Å². The minimum absolute atomic E-state index is 0.0829. The summed E-state index contributed by atoms with van der Waals surface area (Å²) in [6, 6.07) is 13.7. The van der Waals surface area contributed by atoms with Gasteiger partial charge in [0.2, 0.25) is 0 Å². The molecule has 2 heterocycles. The first-order chi connectivity index (χ1) is 14.1. The van der Waals surface area contributed by atoms with E-state index in [1.807, 2.05) is 53.6 Å². The molecule has 0 spiro atoms. The molecule has 152 valence electrons. The molecule has 29 heavy (non-hydrogen) atoms. The van der Waals surface area contributed by atoms with Gasteiger partial charge in [0.1, 0.15) is 5.82 Å². The van der Waals surface area contributed by atoms with Crippen LogP contribution >= 0.6 is 11.6 Å². The van der Waals surface area contributed by atoms with Crippen LogP contribution in [0, 0.1) is 5.41 Å². The summed E-state index contributed by atoms with van der Waals surface area (Å²) in [5.41, 5.74) is 7.99. The second kappa shape index (κ2) is 10.5. The first-order valence-electron chi connectivity index (χ1n) is 9.59. The zero-order valence-corrected chi connectivity index (χ0v) is 17.0. The number of aromatic nitrogens is 3. The molecule has 2 aromatic heterocycles. The highest BCUT2D eigenvalue weighted by Crippen LogP contribution is 2.16. The molecular weight excluding hydrogens is 386 g/mol. The van der Waals surface area contributed by atoms with Crippen LogP contribution in [0.2, 0.25) is 5.02 Å². The number of H-pyrrole nitrogens is 1. The number of nitrogens with two attached hydrogens (primary N) is 1. The van der Waals surface area contributed by atoms with Gasteiger partial charge in [0.05, 0.1) is 12.0 Å². The summed E-state index contributed by atoms with van der Waals surface area (Å²) in [5.74, 6) is 0.974. The molecule has 0 aliphatic rings. The summed E-state index contributed by atoms with van der Waals surface area (Å²) >= 11 is 6.01. The van der Waals surface area contributed by atoms with Gasteiger partial charge in [0.25, 0.3) is 0 Å². The number of anilines is 1. The number of rotatable bonds is 10. The van der Waals surface area contributed by atoms with E-state index in [2.05, 4.69) is 19.9 Å². The lowest BCUT2D eigenvalue weighted by Gasteiger charge is -2.29. The molecule has 0 amide bonds. The van der Waals surface area contributed by atoms with Crippen LogP contribution in [0.15, 0.2) is 61.2 Å². The number of halogens is 1. The van der Waals surface area contributed by atoms with E-state index in [-0.39, 0.29) is 5.96 Å². The monoisotopic (exact) mass is 411 g/mol. The van der Waals surface area contributed by atoms with Crippen LogP contribution in [0.25, 0.3) is 0 Å². The molecule has 1 aromatic carbocycles. The van der Waals surface area contributed by atoms with Crippen LogP contribution < -0.4 is 10.6 Å². The van der Waals surface area contributed by atoms with Crippen LogP contribution in [-0.2, 0) is 13.0 Å². The smallest absolute Gasteiger partial charge is 0.188 e. The van der Waals surface area contributed by atoms with Gasteiger partial charge in [0.15, 0.2) is 5.96 Å². The van der Waals surface area contributed by atoms with Crippen molar-refractivity contribution in [3.05, 3.63) is 77.5 Å². The average Bonchev–Trinajstić information content (AvgIpc) is 3.25. The zero-order chi connectivity index (χ0) is 20.5. The molecule has 0 radical (unpaired) electrons. The van der Waals surface area contributed by atoms with Crippen molar-refractivity contribution in [1.29, 1.82) is 5.41 Å². The highest BCUT2D eigenvalue weighted by molar-refractivity contribution is 6.30. The van der Waals surface area contributed by atoms with Gasteiger partial charge in [-0.05, 0) is 42.7 Å². The van der Waals surface area contributed by atoms with E-state index in [1.165, 1.54) is 0 Å². The lowest BCUT2D eigenvalue weighted by atomic mass is 10.2. The van der Waals surface area contributed by atoms with Gasteiger partial charge in [-0.1, -0.05) is 29.8 Å². The maximum atomic E-state index is 7.93. The summed E-state index contributed by atoms with van der Waals surface area (Å²) in [6.45, 7) is 2.74. The van der Waals surface area contributed by atoms with Gasteiger partial charge < -0.3 is 20.5 Å². The highest BCUT2D eigenvalue weighted by Gasteiger charge is 2.13. The number of imidazole rings is 1. The van der Waals surface area contributed by atoms with E-state index in [1.54, 1.807) is 12.5 Å². The van der Waals surface area contributed by atoms with Crippen molar-refractivity contribution in [3.8, 4) is 0 Å². The number of aromatic amines is 1. The van der Waals surface area contributed by atoms with E-state index in [0.29, 0.717) is 26.2 Å². The molecule has 3 rings (SSSR count). The third-order valence-electron chi connectivity index (χ3n) is 4.66. The van der Waals surface area contributed by atoms with E-state index in [0.717, 1.165) is 34.9 Å². The molecule has 7 nitrogen and oxygen atoms in total. The van der Waals surface area contributed by atoms with E-state index in [4.69, 9.17) is 22.7 Å². The summed E-state index contributed by atoms with van der Waals surface area (Å²) in [7, 11) is 0. The molecule has 0 aliphatic heterocycles. The summed E-state index contributed by atoms with van der Waals surface area (Å²) in [5, 5.41) is 8.65. The number of aryl methyl sites for hydroxylation is 1. The molecule has 0 bridgehead atoms. The van der Waals surface area contributed by atoms with Gasteiger partial charge in [0, 0.05) is 43.6 Å². The molecule has 4 N–H and O–H groups in total. The standard InChI is InChI=1S/C21H26ClN7/c22-18-8-6-17(7-9-18)15-29(20-5-1-2-10-26-20)13-12-28(21(23)24)11-3-4-19-14-25-16-27-19/h1-2,5-10,14,16H,3-4,11-13,15H2,(H3,23,24)(H,25,27). The Kier molecular flexibility index (Phi) is 7.47. The molecule has 0 aliphatic carbocycles. The average molecular weight is 412 g/mol. The Morgan fingerprint density at radius 2 is 1.90 bits per heavy atom. The maximum absolute atomic E-state index is 7.93. The molecule has 0 atom stereocenters. The van der Waals surface area contributed by atoms with Crippen LogP contribution in [0.4, 0.5) is 5.82 Å². The Bertz CT molecular complexity index is 866. The molecule has 8 heteroatoms. The van der Waals surface area contributed by atoms with Crippen LogP contribution in [0.3, 0.4) is 0 Å². The number of benzene rings is 1. The molecule has 3 aromatic rings. The minimum atomic E-state index is 0.0829. The van der Waals surface area contributed by atoms with Gasteiger partial charge in [-0.25, -0.2) is 9.97 Å². The van der Waals surface area contributed by atoms with Crippen LogP contribution in [0.1, 0.15) is 17.7 Å². The Labute approximate surface area is 176 Å². The fraction of sp³-hybridized carbons (Fsp3) is 0.286. The van der Waals surface area contributed by atoms with Crippen LogP contribution in [0.5, 0.6) is 0 Å². The lowest BCUT2D eigenvalue weighted by molar-refractivity contribution is 0.405. The van der Waals surface area contributed by atoms with Crippen molar-refractivity contribution < 1.29 is 0 Å². The lowest BCUT2D eigenvalue weighted by Crippen LogP contribution is -2.42. The molecule has 0 saturated heterocycles. The minimum Gasteiger partial charge on any atom is -0.370 e. The predicted octanol–water partition coefficient (Wildman–Crippen LogP) is 3.29. The summed E-state index contributed by atoms with van der Waals surface area (Å²) < 4.78 is 0. The number of pyridine rings is 1. The molecule has 0 fully saturated rings. The molecular formula is C21H26ClN7. The molecule has 0 saturated carbocycles. The Hall–Kier alpha value is -3.06. The SMILES string of the molecule is N=C(N)N(CCCc1c[nH]cn1)CCN(Cc1ccc(Cl)cc1)c1ccccn1.